The summed E-state index contributed by atoms with van der Waals surface area (Å²) < 4.78 is 12.8. The van der Waals surface area contributed by atoms with Crippen LogP contribution in [0.2, 0.25) is 0 Å². The number of rotatable bonds is 5. The molecule has 1 nitrogen and oxygen atoms in total. The first-order valence-corrected chi connectivity index (χ1v) is 5.53. The number of hydrogen-bond donors (Lipinski definition) is 0. The molecule has 1 unspecified atom stereocenters. The van der Waals surface area contributed by atoms with Gasteiger partial charge in [0.2, 0.25) is 0 Å². The van der Waals surface area contributed by atoms with Crippen molar-refractivity contribution < 1.29 is 4.39 Å². The zero-order valence-electron chi connectivity index (χ0n) is 9.83. The highest BCUT2D eigenvalue weighted by Crippen LogP contribution is 2.23. The SMILES string of the molecule is CCC(CCN(C)C)c1ccc(F)cc1. The van der Waals surface area contributed by atoms with Crippen LogP contribution in [0.4, 0.5) is 4.39 Å². The van der Waals surface area contributed by atoms with Gasteiger partial charge in [-0.15, -0.1) is 0 Å². The van der Waals surface area contributed by atoms with Crippen molar-refractivity contribution in [3.63, 3.8) is 0 Å². The van der Waals surface area contributed by atoms with Crippen LogP contribution in [0.1, 0.15) is 31.2 Å². The average molecular weight is 209 g/mol. The predicted molar refractivity (Wildman–Crippen MR) is 62.6 cm³/mol. The molecular weight excluding hydrogens is 189 g/mol. The fourth-order valence-corrected chi connectivity index (χ4v) is 1.76. The second-order valence-electron chi connectivity index (χ2n) is 4.25. The zero-order valence-corrected chi connectivity index (χ0v) is 9.83. The molecule has 1 atom stereocenters. The van der Waals surface area contributed by atoms with Gasteiger partial charge in [-0.25, -0.2) is 4.39 Å². The van der Waals surface area contributed by atoms with Gasteiger partial charge in [0.05, 0.1) is 0 Å². The summed E-state index contributed by atoms with van der Waals surface area (Å²) in [5.74, 6) is 0.397. The van der Waals surface area contributed by atoms with Gasteiger partial charge in [0.1, 0.15) is 5.82 Å². The van der Waals surface area contributed by atoms with Crippen LogP contribution in [0.5, 0.6) is 0 Å². The van der Waals surface area contributed by atoms with E-state index in [0.717, 1.165) is 19.4 Å². The Labute approximate surface area is 91.9 Å². The van der Waals surface area contributed by atoms with Gasteiger partial charge >= 0.3 is 0 Å². The molecule has 0 bridgehead atoms. The molecule has 0 N–H and O–H groups in total. The lowest BCUT2D eigenvalue weighted by Crippen LogP contribution is -2.15. The maximum atomic E-state index is 12.8. The molecular formula is C13H20FN. The van der Waals surface area contributed by atoms with Gasteiger partial charge in [0, 0.05) is 0 Å². The Morgan fingerprint density at radius 1 is 1.20 bits per heavy atom. The van der Waals surface area contributed by atoms with Crippen molar-refractivity contribution in [2.24, 2.45) is 0 Å². The number of hydrogen-bond acceptors (Lipinski definition) is 1. The molecule has 2 heteroatoms. The lowest BCUT2D eigenvalue weighted by atomic mass is 9.93. The first kappa shape index (κ1) is 12.2. The van der Waals surface area contributed by atoms with Crippen LogP contribution >= 0.6 is 0 Å². The molecule has 84 valence electrons. The number of halogens is 1. The van der Waals surface area contributed by atoms with Crippen molar-refractivity contribution in [1.82, 2.24) is 4.90 Å². The normalized spacial score (nSPS) is 13.1. The lowest BCUT2D eigenvalue weighted by Gasteiger charge is -2.18. The molecule has 0 amide bonds. The molecule has 0 aliphatic heterocycles. The minimum absolute atomic E-state index is 0.152. The Hall–Kier alpha value is -0.890. The number of nitrogens with zero attached hydrogens (tertiary/aromatic N) is 1. The monoisotopic (exact) mass is 209 g/mol. The minimum atomic E-state index is -0.152. The maximum Gasteiger partial charge on any atom is 0.123 e. The molecule has 0 aliphatic carbocycles. The molecule has 0 spiro atoms. The summed E-state index contributed by atoms with van der Waals surface area (Å²) in [5, 5.41) is 0. The molecule has 15 heavy (non-hydrogen) atoms. The van der Waals surface area contributed by atoms with E-state index in [0.29, 0.717) is 5.92 Å². The fourth-order valence-electron chi connectivity index (χ4n) is 1.76. The molecule has 0 saturated heterocycles. The van der Waals surface area contributed by atoms with Crippen molar-refractivity contribution >= 4 is 0 Å². The number of benzene rings is 1. The Morgan fingerprint density at radius 2 is 1.80 bits per heavy atom. The summed E-state index contributed by atoms with van der Waals surface area (Å²) >= 11 is 0. The van der Waals surface area contributed by atoms with Crippen LogP contribution in [-0.2, 0) is 0 Å². The van der Waals surface area contributed by atoms with Crippen molar-refractivity contribution in [1.29, 1.82) is 0 Å². The van der Waals surface area contributed by atoms with Crippen molar-refractivity contribution in [3.8, 4) is 0 Å². The van der Waals surface area contributed by atoms with Gasteiger partial charge in [0.15, 0.2) is 0 Å². The quantitative estimate of drug-likeness (QED) is 0.719. The third-order valence-corrected chi connectivity index (χ3v) is 2.76. The van der Waals surface area contributed by atoms with Crippen LogP contribution in [0.25, 0.3) is 0 Å². The first-order chi connectivity index (χ1) is 7.13. The summed E-state index contributed by atoms with van der Waals surface area (Å²) in [6.07, 6.45) is 2.24. The largest absolute Gasteiger partial charge is 0.309 e. The second kappa shape index (κ2) is 5.86. The maximum absolute atomic E-state index is 12.8. The van der Waals surface area contributed by atoms with Crippen LogP contribution in [0, 0.1) is 5.82 Å². The molecule has 0 fully saturated rings. The van der Waals surface area contributed by atoms with Crippen LogP contribution < -0.4 is 0 Å². The van der Waals surface area contributed by atoms with Gasteiger partial charge < -0.3 is 4.90 Å². The highest BCUT2D eigenvalue weighted by atomic mass is 19.1. The summed E-state index contributed by atoms with van der Waals surface area (Å²) in [5.41, 5.74) is 1.25. The third kappa shape index (κ3) is 4.00. The lowest BCUT2D eigenvalue weighted by molar-refractivity contribution is 0.378. The van der Waals surface area contributed by atoms with E-state index in [-0.39, 0.29) is 5.82 Å². The van der Waals surface area contributed by atoms with E-state index in [2.05, 4.69) is 25.9 Å². The standard InChI is InChI=1S/C13H20FN/c1-4-11(9-10-15(2)3)12-5-7-13(14)8-6-12/h5-8,11H,4,9-10H2,1-3H3. The highest BCUT2D eigenvalue weighted by molar-refractivity contribution is 5.20. The van der Waals surface area contributed by atoms with Gasteiger partial charge in [0.25, 0.3) is 0 Å². The van der Waals surface area contributed by atoms with Crippen molar-refractivity contribution in [3.05, 3.63) is 35.6 Å². The first-order valence-electron chi connectivity index (χ1n) is 5.53. The van der Waals surface area contributed by atoms with Gasteiger partial charge in [-0.05, 0) is 57.1 Å². The summed E-state index contributed by atoms with van der Waals surface area (Å²) in [4.78, 5) is 2.19. The molecule has 0 saturated carbocycles. The third-order valence-electron chi connectivity index (χ3n) is 2.76. The smallest absolute Gasteiger partial charge is 0.123 e. The van der Waals surface area contributed by atoms with E-state index in [4.69, 9.17) is 0 Å². The van der Waals surface area contributed by atoms with Crippen LogP contribution in [0.15, 0.2) is 24.3 Å². The molecule has 1 aromatic rings. The summed E-state index contributed by atoms with van der Waals surface area (Å²) in [6.45, 7) is 3.26. The van der Waals surface area contributed by atoms with E-state index in [1.165, 1.54) is 5.56 Å². The fraction of sp³-hybridized carbons (Fsp3) is 0.538. The molecule has 1 rings (SSSR count). The zero-order chi connectivity index (χ0) is 11.3. The predicted octanol–water partition coefficient (Wildman–Crippen LogP) is 3.27. The summed E-state index contributed by atoms with van der Waals surface area (Å²) in [7, 11) is 4.16. The molecule has 0 aliphatic rings. The van der Waals surface area contributed by atoms with E-state index in [1.807, 2.05) is 12.1 Å². The highest BCUT2D eigenvalue weighted by Gasteiger charge is 2.09. The van der Waals surface area contributed by atoms with Crippen LogP contribution in [-0.4, -0.2) is 25.5 Å². The van der Waals surface area contributed by atoms with Crippen molar-refractivity contribution in [2.45, 2.75) is 25.7 Å². The van der Waals surface area contributed by atoms with Crippen molar-refractivity contribution in [2.75, 3.05) is 20.6 Å². The molecule has 0 heterocycles. The topological polar surface area (TPSA) is 3.24 Å². The molecule has 0 aromatic heterocycles. The Balaban J connectivity index is 2.61. The minimum Gasteiger partial charge on any atom is -0.309 e. The Bertz CT molecular complexity index is 279. The van der Waals surface area contributed by atoms with E-state index in [1.54, 1.807) is 12.1 Å². The Morgan fingerprint density at radius 3 is 2.27 bits per heavy atom. The van der Waals surface area contributed by atoms with Gasteiger partial charge in [-0.2, -0.15) is 0 Å². The average Bonchev–Trinajstić information content (AvgIpc) is 2.21. The Kier molecular flexibility index (Phi) is 4.76. The van der Waals surface area contributed by atoms with Crippen LogP contribution in [0.3, 0.4) is 0 Å². The molecule has 0 radical (unpaired) electrons. The van der Waals surface area contributed by atoms with Gasteiger partial charge in [-0.1, -0.05) is 19.1 Å². The summed E-state index contributed by atoms with van der Waals surface area (Å²) in [6, 6.07) is 6.90. The molecule has 1 aromatic carbocycles. The van der Waals surface area contributed by atoms with E-state index in [9.17, 15) is 4.39 Å². The van der Waals surface area contributed by atoms with E-state index < -0.39 is 0 Å². The van der Waals surface area contributed by atoms with Gasteiger partial charge in [-0.3, -0.25) is 0 Å². The second-order valence-corrected chi connectivity index (χ2v) is 4.25. The van der Waals surface area contributed by atoms with E-state index >= 15 is 0 Å².